The quantitative estimate of drug-likeness (QED) is 0.902. The molecule has 0 aromatic heterocycles. The molecule has 0 aliphatic heterocycles. The highest BCUT2D eigenvalue weighted by molar-refractivity contribution is 9.10. The Morgan fingerprint density at radius 2 is 2.19 bits per heavy atom. The van der Waals surface area contributed by atoms with E-state index in [1.54, 1.807) is 6.07 Å². The van der Waals surface area contributed by atoms with Crippen molar-refractivity contribution in [1.29, 1.82) is 0 Å². The summed E-state index contributed by atoms with van der Waals surface area (Å²) >= 11 is 3.28. The lowest BCUT2D eigenvalue weighted by Gasteiger charge is -2.21. The van der Waals surface area contributed by atoms with Crippen LogP contribution in [0.4, 0.5) is 5.69 Å². The topological polar surface area (TPSA) is 40.5 Å². The largest absolute Gasteiger partial charge is 0.478 e. The first-order valence-electron chi connectivity index (χ1n) is 5.30. The Kier molecular flexibility index (Phi) is 4.80. The van der Waals surface area contributed by atoms with Crippen LogP contribution in [0.15, 0.2) is 22.7 Å². The highest BCUT2D eigenvalue weighted by Crippen LogP contribution is 2.27. The molecule has 0 saturated heterocycles. The summed E-state index contributed by atoms with van der Waals surface area (Å²) in [4.78, 5) is 13.1. The SMILES string of the molecule is CCCCN(C)c1cccc(Br)c1C(=O)O. The van der Waals surface area contributed by atoms with Gasteiger partial charge in [-0.1, -0.05) is 19.4 Å². The summed E-state index contributed by atoms with van der Waals surface area (Å²) in [6.45, 7) is 2.99. The Morgan fingerprint density at radius 1 is 1.50 bits per heavy atom. The molecule has 1 N–H and O–H groups in total. The molecule has 0 unspecified atom stereocenters. The number of anilines is 1. The smallest absolute Gasteiger partial charge is 0.338 e. The maximum atomic E-state index is 11.2. The summed E-state index contributed by atoms with van der Waals surface area (Å²) in [5.41, 5.74) is 1.09. The van der Waals surface area contributed by atoms with Gasteiger partial charge in [0, 0.05) is 18.1 Å². The maximum Gasteiger partial charge on any atom is 0.338 e. The molecule has 1 aromatic rings. The van der Waals surface area contributed by atoms with Gasteiger partial charge in [-0.2, -0.15) is 0 Å². The Morgan fingerprint density at radius 3 is 2.75 bits per heavy atom. The zero-order valence-corrected chi connectivity index (χ0v) is 11.1. The van der Waals surface area contributed by atoms with E-state index in [-0.39, 0.29) is 0 Å². The number of benzene rings is 1. The minimum absolute atomic E-state index is 0.334. The third-order valence-electron chi connectivity index (χ3n) is 2.46. The number of carbonyl (C=O) groups is 1. The predicted molar refractivity (Wildman–Crippen MR) is 69.3 cm³/mol. The average molecular weight is 286 g/mol. The van der Waals surface area contributed by atoms with Gasteiger partial charge in [-0.15, -0.1) is 0 Å². The zero-order chi connectivity index (χ0) is 12.1. The first kappa shape index (κ1) is 13.0. The lowest BCUT2D eigenvalue weighted by molar-refractivity contribution is 0.0696. The van der Waals surface area contributed by atoms with E-state index in [9.17, 15) is 4.79 Å². The molecule has 4 heteroatoms. The van der Waals surface area contributed by atoms with E-state index in [2.05, 4.69) is 22.9 Å². The van der Waals surface area contributed by atoms with Crippen LogP contribution in [-0.2, 0) is 0 Å². The van der Waals surface area contributed by atoms with Crippen LogP contribution in [0.5, 0.6) is 0 Å². The Labute approximate surface area is 104 Å². The molecule has 88 valence electrons. The maximum absolute atomic E-state index is 11.2. The fourth-order valence-electron chi connectivity index (χ4n) is 1.56. The molecule has 0 bridgehead atoms. The van der Waals surface area contributed by atoms with E-state index in [4.69, 9.17) is 5.11 Å². The van der Waals surface area contributed by atoms with Crippen LogP contribution >= 0.6 is 15.9 Å². The molecule has 0 heterocycles. The fraction of sp³-hybridized carbons (Fsp3) is 0.417. The molecule has 0 amide bonds. The van der Waals surface area contributed by atoms with Crippen LogP contribution in [0.25, 0.3) is 0 Å². The highest BCUT2D eigenvalue weighted by atomic mass is 79.9. The summed E-state index contributed by atoms with van der Waals surface area (Å²) in [5, 5.41) is 9.16. The normalized spacial score (nSPS) is 10.2. The van der Waals surface area contributed by atoms with Gasteiger partial charge in [0.25, 0.3) is 0 Å². The number of carboxylic acid groups (broad SMARTS) is 1. The second-order valence-corrected chi connectivity index (χ2v) is 4.57. The van der Waals surface area contributed by atoms with Crippen molar-refractivity contribution in [3.05, 3.63) is 28.2 Å². The van der Waals surface area contributed by atoms with E-state index in [1.807, 2.05) is 24.1 Å². The van der Waals surface area contributed by atoms with Crippen LogP contribution in [0, 0.1) is 0 Å². The molecule has 3 nitrogen and oxygen atoms in total. The van der Waals surface area contributed by atoms with E-state index < -0.39 is 5.97 Å². The number of hydrogen-bond acceptors (Lipinski definition) is 2. The molecular formula is C12H16BrNO2. The van der Waals surface area contributed by atoms with Crippen molar-refractivity contribution in [2.24, 2.45) is 0 Å². The van der Waals surface area contributed by atoms with E-state index in [0.29, 0.717) is 10.0 Å². The van der Waals surface area contributed by atoms with Gasteiger partial charge in [-0.3, -0.25) is 0 Å². The minimum atomic E-state index is -0.897. The Bertz CT molecular complexity index is 379. The van der Waals surface area contributed by atoms with Crippen molar-refractivity contribution in [2.45, 2.75) is 19.8 Å². The second kappa shape index (κ2) is 5.89. The molecule has 0 fully saturated rings. The summed E-state index contributed by atoms with van der Waals surface area (Å²) in [7, 11) is 1.92. The molecule has 0 aliphatic rings. The van der Waals surface area contributed by atoms with Crippen LogP contribution in [0.2, 0.25) is 0 Å². The van der Waals surface area contributed by atoms with Gasteiger partial charge in [0.15, 0.2) is 0 Å². The van der Waals surface area contributed by atoms with Crippen LogP contribution < -0.4 is 4.90 Å². The van der Waals surface area contributed by atoms with Gasteiger partial charge >= 0.3 is 5.97 Å². The van der Waals surface area contributed by atoms with E-state index >= 15 is 0 Å². The standard InChI is InChI=1S/C12H16BrNO2/c1-3-4-8-14(2)10-7-5-6-9(13)11(10)12(15)16/h5-7H,3-4,8H2,1-2H3,(H,15,16). The number of hydrogen-bond donors (Lipinski definition) is 1. The zero-order valence-electron chi connectivity index (χ0n) is 9.53. The lowest BCUT2D eigenvalue weighted by atomic mass is 10.1. The monoisotopic (exact) mass is 285 g/mol. The van der Waals surface area contributed by atoms with Crippen molar-refractivity contribution in [3.8, 4) is 0 Å². The summed E-state index contributed by atoms with van der Waals surface area (Å²) < 4.78 is 0.626. The minimum Gasteiger partial charge on any atom is -0.478 e. The summed E-state index contributed by atoms with van der Waals surface area (Å²) in [5.74, 6) is -0.897. The molecule has 0 saturated carbocycles. The number of aromatic carboxylic acids is 1. The molecule has 0 aliphatic carbocycles. The van der Waals surface area contributed by atoms with Gasteiger partial charge in [0.05, 0.1) is 11.3 Å². The van der Waals surface area contributed by atoms with E-state index in [1.165, 1.54) is 0 Å². The summed E-state index contributed by atoms with van der Waals surface area (Å²) in [6.07, 6.45) is 2.16. The highest BCUT2D eigenvalue weighted by Gasteiger charge is 2.16. The van der Waals surface area contributed by atoms with Crippen molar-refractivity contribution in [2.75, 3.05) is 18.5 Å². The van der Waals surface area contributed by atoms with Crippen LogP contribution in [-0.4, -0.2) is 24.7 Å². The number of halogens is 1. The number of nitrogens with zero attached hydrogens (tertiary/aromatic N) is 1. The Balaban J connectivity index is 3.02. The molecule has 1 rings (SSSR count). The average Bonchev–Trinajstić information content (AvgIpc) is 2.24. The molecule has 1 aromatic carbocycles. The molecule has 0 spiro atoms. The predicted octanol–water partition coefficient (Wildman–Crippen LogP) is 3.38. The molecular weight excluding hydrogens is 270 g/mol. The number of carboxylic acids is 1. The molecule has 0 radical (unpaired) electrons. The molecule has 16 heavy (non-hydrogen) atoms. The van der Waals surface area contributed by atoms with Gasteiger partial charge in [-0.05, 0) is 34.5 Å². The van der Waals surface area contributed by atoms with Crippen molar-refractivity contribution < 1.29 is 9.90 Å². The van der Waals surface area contributed by atoms with Gasteiger partial charge in [-0.25, -0.2) is 4.79 Å². The Hall–Kier alpha value is -1.03. The van der Waals surface area contributed by atoms with Crippen molar-refractivity contribution >= 4 is 27.6 Å². The van der Waals surface area contributed by atoms with Crippen LogP contribution in [0.1, 0.15) is 30.1 Å². The van der Waals surface area contributed by atoms with E-state index in [0.717, 1.165) is 25.1 Å². The first-order valence-corrected chi connectivity index (χ1v) is 6.10. The van der Waals surface area contributed by atoms with Gasteiger partial charge in [0.2, 0.25) is 0 Å². The third-order valence-corrected chi connectivity index (χ3v) is 3.12. The lowest BCUT2D eigenvalue weighted by Crippen LogP contribution is -2.21. The number of unbranched alkanes of at least 4 members (excludes halogenated alkanes) is 1. The van der Waals surface area contributed by atoms with Crippen molar-refractivity contribution in [3.63, 3.8) is 0 Å². The first-order chi connectivity index (χ1) is 7.57. The number of rotatable bonds is 5. The fourth-order valence-corrected chi connectivity index (χ4v) is 2.08. The molecule has 0 atom stereocenters. The summed E-state index contributed by atoms with van der Waals surface area (Å²) in [6, 6.07) is 5.44. The van der Waals surface area contributed by atoms with Crippen LogP contribution in [0.3, 0.4) is 0 Å². The van der Waals surface area contributed by atoms with Gasteiger partial charge < -0.3 is 10.0 Å². The van der Waals surface area contributed by atoms with Crippen molar-refractivity contribution in [1.82, 2.24) is 0 Å². The second-order valence-electron chi connectivity index (χ2n) is 3.71. The third kappa shape index (κ3) is 2.98. The van der Waals surface area contributed by atoms with Gasteiger partial charge in [0.1, 0.15) is 0 Å².